The van der Waals surface area contributed by atoms with E-state index in [1.807, 2.05) is 89.4 Å². The molecule has 0 fully saturated rings. The second kappa shape index (κ2) is 20.2. The molecular weight excluding hydrogens is 985 g/mol. The highest BCUT2D eigenvalue weighted by Crippen LogP contribution is 2.44. The number of rotatable bonds is 13. The second-order valence-corrected chi connectivity index (χ2v) is 19.6. The fourth-order valence-electron chi connectivity index (χ4n) is 11.6. The number of Topliss-reactive ketones (excluding diaryl/α,β-unsaturated/α-hetero) is 1. The number of hydroxylamine groups is 4. The standard InChI is InChI=1S/C63H60N6O9/c1-37-58-49(25-28-64-37)46-22-19-43(71-4)31-52(46)65(58)35-41-14-11-17-56(75-8)62(41)77-69-30-27-51-48-24-21-45(73-6)33-54(48)67(60(51)39(69)3)36-42-15-12-18-57(76-9)63(42)78-68-29-26-50-47-23-20-44(72-5)32-53(47)66(59(50)38(68)2)34-40-13-10-16-55(74-7)61(40)70/h10-24,26-27,29-36,38-39,62-63H,25,28H2,1-9H3/b40-34+,41-35+,42-36+. The molecule has 6 aromatic rings. The van der Waals surface area contributed by atoms with Gasteiger partial charge < -0.3 is 42.1 Å². The Hall–Kier alpha value is -8.92. The van der Waals surface area contributed by atoms with Crippen molar-refractivity contribution >= 4 is 75.0 Å². The van der Waals surface area contributed by atoms with Crippen LogP contribution >= 0.6 is 0 Å². The molecule has 3 aliphatic heterocycles. The first kappa shape index (κ1) is 49.9. The van der Waals surface area contributed by atoms with E-state index >= 15 is 0 Å². The zero-order valence-corrected chi connectivity index (χ0v) is 45.0. The van der Waals surface area contributed by atoms with E-state index in [4.69, 9.17) is 43.1 Å². The van der Waals surface area contributed by atoms with Gasteiger partial charge in [-0.25, -0.2) is 0 Å². The summed E-state index contributed by atoms with van der Waals surface area (Å²) in [6.45, 7) is 7.05. The lowest BCUT2D eigenvalue weighted by molar-refractivity contribution is -0.174. The summed E-state index contributed by atoms with van der Waals surface area (Å²) in [6.07, 6.45) is 31.0. The quantitative estimate of drug-likeness (QED) is 0.103. The zero-order valence-electron chi connectivity index (χ0n) is 45.0. The van der Waals surface area contributed by atoms with Crippen LogP contribution in [0.5, 0.6) is 17.2 Å². The Balaban J connectivity index is 0.916. The van der Waals surface area contributed by atoms with Gasteiger partial charge in [-0.1, -0.05) is 30.4 Å². The summed E-state index contributed by atoms with van der Waals surface area (Å²) in [5.41, 5.74) is 12.3. The molecule has 4 atom stereocenters. The Morgan fingerprint density at radius 2 is 1.04 bits per heavy atom. The lowest BCUT2D eigenvalue weighted by Gasteiger charge is -2.36. The molecule has 3 aromatic carbocycles. The van der Waals surface area contributed by atoms with E-state index in [-0.39, 0.29) is 23.6 Å². The minimum atomic E-state index is -0.692. The number of aliphatic imine (C=N–C) groups is 1. The smallest absolute Gasteiger partial charge is 0.229 e. The Morgan fingerprint density at radius 3 is 1.55 bits per heavy atom. The van der Waals surface area contributed by atoms with Gasteiger partial charge in [0.2, 0.25) is 5.78 Å². The fourth-order valence-corrected chi connectivity index (χ4v) is 11.6. The molecule has 0 bridgehead atoms. The van der Waals surface area contributed by atoms with Gasteiger partial charge in [-0.3, -0.25) is 29.6 Å². The summed E-state index contributed by atoms with van der Waals surface area (Å²) in [4.78, 5) is 32.8. The number of carbonyl (C=O) groups is 1. The molecule has 0 N–H and O–H groups in total. The van der Waals surface area contributed by atoms with E-state index in [1.165, 1.54) is 18.1 Å². The van der Waals surface area contributed by atoms with E-state index in [9.17, 15) is 4.79 Å². The van der Waals surface area contributed by atoms with Crippen molar-refractivity contribution in [2.45, 2.75) is 51.5 Å². The molecule has 3 aliphatic carbocycles. The van der Waals surface area contributed by atoms with Gasteiger partial charge in [0, 0.05) is 99.7 Å². The molecule has 396 valence electrons. The van der Waals surface area contributed by atoms with Gasteiger partial charge in [0.05, 0.1) is 94.1 Å². The van der Waals surface area contributed by atoms with E-state index in [2.05, 4.69) is 95.4 Å². The Labute approximate surface area is 452 Å². The van der Waals surface area contributed by atoms with Crippen molar-refractivity contribution in [3.63, 3.8) is 0 Å². The average molecular weight is 1050 g/mol. The number of hydrogen-bond acceptors (Lipinski definition) is 12. The molecule has 0 saturated carbocycles. The average Bonchev–Trinajstić information content (AvgIpc) is 4.11. The van der Waals surface area contributed by atoms with Crippen LogP contribution in [0.4, 0.5) is 0 Å². The molecule has 78 heavy (non-hydrogen) atoms. The topological polar surface area (TPSA) is 125 Å². The Morgan fingerprint density at radius 1 is 0.551 bits per heavy atom. The molecule has 12 rings (SSSR count). The molecule has 15 nitrogen and oxygen atoms in total. The highest BCUT2D eigenvalue weighted by atomic mass is 16.7. The highest BCUT2D eigenvalue weighted by Gasteiger charge is 2.36. The summed E-state index contributed by atoms with van der Waals surface area (Å²) < 4.78 is 41.4. The van der Waals surface area contributed by atoms with Crippen LogP contribution in [-0.4, -0.2) is 96.7 Å². The van der Waals surface area contributed by atoms with Crippen molar-refractivity contribution in [3.8, 4) is 17.2 Å². The monoisotopic (exact) mass is 1040 g/mol. The summed E-state index contributed by atoms with van der Waals surface area (Å²) in [7, 11) is 9.86. The number of benzene rings is 3. The molecule has 6 aliphatic rings. The van der Waals surface area contributed by atoms with Gasteiger partial charge in [0.25, 0.3) is 0 Å². The summed E-state index contributed by atoms with van der Waals surface area (Å²) in [6, 6.07) is 17.7. The molecule has 0 amide bonds. The number of aromatic nitrogens is 3. The maximum absolute atomic E-state index is 13.6. The van der Waals surface area contributed by atoms with Crippen molar-refractivity contribution in [3.05, 3.63) is 189 Å². The van der Waals surface area contributed by atoms with E-state index in [1.54, 1.807) is 47.7 Å². The van der Waals surface area contributed by atoms with E-state index < -0.39 is 12.2 Å². The van der Waals surface area contributed by atoms with Crippen LogP contribution in [0, 0.1) is 0 Å². The van der Waals surface area contributed by atoms with Crippen LogP contribution in [0.25, 0.3) is 63.5 Å². The number of ketones is 1. The number of methoxy groups -OCH3 is 6. The normalized spacial score (nSPS) is 22.0. The molecule has 0 spiro atoms. The van der Waals surface area contributed by atoms with Crippen molar-refractivity contribution in [1.82, 2.24) is 23.8 Å². The number of allylic oxidation sites excluding steroid dienone is 8. The summed E-state index contributed by atoms with van der Waals surface area (Å²) in [5.74, 6) is 3.51. The molecule has 4 unspecified atom stereocenters. The maximum atomic E-state index is 13.6. The first-order valence-corrected chi connectivity index (χ1v) is 26.0. The molecule has 15 heteroatoms. The van der Waals surface area contributed by atoms with Gasteiger partial charge >= 0.3 is 0 Å². The zero-order chi connectivity index (χ0) is 53.9. The third kappa shape index (κ3) is 8.28. The number of carbonyl (C=O) groups excluding carboxylic acids is 1. The Kier molecular flexibility index (Phi) is 12.9. The molecule has 3 aromatic heterocycles. The van der Waals surface area contributed by atoms with Gasteiger partial charge in [0.1, 0.15) is 28.8 Å². The van der Waals surface area contributed by atoms with E-state index in [0.29, 0.717) is 28.6 Å². The van der Waals surface area contributed by atoms with Gasteiger partial charge in [0.15, 0.2) is 18.0 Å². The highest BCUT2D eigenvalue weighted by molar-refractivity contribution is 6.12. The second-order valence-electron chi connectivity index (χ2n) is 19.6. The van der Waals surface area contributed by atoms with Crippen LogP contribution in [0.1, 0.15) is 66.6 Å². The first-order chi connectivity index (χ1) is 38.0. The van der Waals surface area contributed by atoms with Crippen LogP contribution in [-0.2, 0) is 35.1 Å². The number of nitrogens with zero attached hydrogens (tertiary/aromatic N) is 6. The minimum Gasteiger partial charge on any atom is -0.498 e. The predicted octanol–water partition coefficient (Wildman–Crippen LogP) is 12.0. The third-order valence-corrected chi connectivity index (χ3v) is 15.5. The van der Waals surface area contributed by atoms with E-state index in [0.717, 1.165) is 91.1 Å². The molecular formula is C63H60N6O9. The third-order valence-electron chi connectivity index (χ3n) is 15.5. The van der Waals surface area contributed by atoms with Gasteiger partial charge in [-0.15, -0.1) is 0 Å². The van der Waals surface area contributed by atoms with Gasteiger partial charge in [-0.2, -0.15) is 0 Å². The predicted molar refractivity (Wildman–Crippen MR) is 305 cm³/mol. The lowest BCUT2D eigenvalue weighted by atomic mass is 10.0. The maximum Gasteiger partial charge on any atom is 0.229 e. The first-order valence-electron chi connectivity index (χ1n) is 26.0. The Bertz CT molecular complexity index is 3880. The molecule has 0 saturated heterocycles. The van der Waals surface area contributed by atoms with Crippen molar-refractivity contribution in [2.75, 3.05) is 49.2 Å². The fraction of sp³-hybridized carbons (Fsp3) is 0.238. The van der Waals surface area contributed by atoms with Crippen LogP contribution < -0.4 is 14.2 Å². The van der Waals surface area contributed by atoms with Crippen LogP contribution in [0.3, 0.4) is 0 Å². The van der Waals surface area contributed by atoms with Crippen LogP contribution in [0.15, 0.2) is 161 Å². The summed E-state index contributed by atoms with van der Waals surface area (Å²) in [5, 5.41) is 6.97. The molecule has 0 radical (unpaired) electrons. The van der Waals surface area contributed by atoms with Crippen molar-refractivity contribution < 1.29 is 42.9 Å². The van der Waals surface area contributed by atoms with Crippen molar-refractivity contribution in [2.24, 2.45) is 4.99 Å². The lowest BCUT2D eigenvalue weighted by Crippen LogP contribution is -2.34. The number of hydrogen-bond donors (Lipinski definition) is 0. The number of fused-ring (bicyclic) bond motifs is 9. The van der Waals surface area contributed by atoms with Crippen LogP contribution in [0.2, 0.25) is 0 Å². The largest absolute Gasteiger partial charge is 0.498 e. The van der Waals surface area contributed by atoms with Crippen molar-refractivity contribution in [1.29, 1.82) is 0 Å². The summed E-state index contributed by atoms with van der Waals surface area (Å²) >= 11 is 0. The minimum absolute atomic E-state index is 0.211. The molecule has 6 heterocycles. The SMILES string of the molecule is COC1=CC=C/C(=C\n2c3c(c4ccc(OC)cc42)C=CN(OC2C(OC)=CC=C/C2=C\n2c4c(c5ccc(OC)cc52)C=CN(OC2C(OC)=CC=C/C2=C\n2c5c(c6ccc(OC)cc62)CCN=C5C)C4C)C3C)C1=O. The van der Waals surface area contributed by atoms with Gasteiger partial charge in [-0.05, 0) is 106 Å². The number of ether oxygens (including phenoxy) is 6.